The van der Waals surface area contributed by atoms with Crippen molar-refractivity contribution in [1.82, 2.24) is 4.90 Å². The lowest BCUT2D eigenvalue weighted by atomic mass is 10.0. The van der Waals surface area contributed by atoms with Crippen LogP contribution in [0, 0.1) is 11.3 Å². The molecule has 0 bridgehead atoms. The number of nitriles is 1. The molecule has 5 heteroatoms. The second-order valence-corrected chi connectivity index (χ2v) is 5.96. The summed E-state index contributed by atoms with van der Waals surface area (Å²) in [5.74, 6) is 0.500. The van der Waals surface area contributed by atoms with Gasteiger partial charge in [-0.1, -0.05) is 36.4 Å². The van der Waals surface area contributed by atoms with Crippen molar-refractivity contribution in [2.45, 2.75) is 19.1 Å². The van der Waals surface area contributed by atoms with Gasteiger partial charge in [-0.05, 0) is 30.2 Å². The molecule has 5 nitrogen and oxygen atoms in total. The maximum Gasteiger partial charge on any atom is 0.161 e. The highest BCUT2D eigenvalue weighted by Gasteiger charge is 2.28. The van der Waals surface area contributed by atoms with Gasteiger partial charge in [0.05, 0.1) is 25.4 Å². The molecular formula is C20H22N2O3. The van der Waals surface area contributed by atoms with Gasteiger partial charge in [0.2, 0.25) is 0 Å². The lowest BCUT2D eigenvalue weighted by Gasteiger charge is -2.36. The number of phenolic OH excluding ortho intramolecular Hbond substituents is 1. The summed E-state index contributed by atoms with van der Waals surface area (Å²) in [7, 11) is 0. The minimum atomic E-state index is -0.407. The van der Waals surface area contributed by atoms with Gasteiger partial charge in [-0.25, -0.2) is 0 Å². The molecule has 1 aliphatic heterocycles. The van der Waals surface area contributed by atoms with E-state index >= 15 is 0 Å². The topological polar surface area (TPSA) is 65.7 Å². The molecule has 0 saturated carbocycles. The number of phenols is 1. The predicted molar refractivity (Wildman–Crippen MR) is 94.3 cm³/mol. The van der Waals surface area contributed by atoms with Crippen molar-refractivity contribution < 1.29 is 14.6 Å². The maximum atomic E-state index is 9.88. The van der Waals surface area contributed by atoms with Crippen LogP contribution < -0.4 is 4.74 Å². The van der Waals surface area contributed by atoms with Crippen LogP contribution in [0.4, 0.5) is 0 Å². The van der Waals surface area contributed by atoms with E-state index in [4.69, 9.17) is 9.47 Å². The summed E-state index contributed by atoms with van der Waals surface area (Å²) in [6, 6.07) is 17.1. The number of morpholine rings is 1. The van der Waals surface area contributed by atoms with Crippen LogP contribution >= 0.6 is 0 Å². The van der Waals surface area contributed by atoms with E-state index in [1.54, 1.807) is 18.2 Å². The van der Waals surface area contributed by atoms with Crippen molar-refractivity contribution in [3.8, 4) is 17.6 Å². The molecule has 3 rings (SSSR count). The van der Waals surface area contributed by atoms with E-state index in [1.807, 2.05) is 37.3 Å². The number of ether oxygens (including phenoxy) is 2. The van der Waals surface area contributed by atoms with E-state index in [1.165, 1.54) is 0 Å². The number of hydrogen-bond donors (Lipinski definition) is 1. The molecule has 0 aromatic heterocycles. The molecule has 0 spiro atoms. The molecule has 0 radical (unpaired) electrons. The number of benzene rings is 2. The molecule has 130 valence electrons. The summed E-state index contributed by atoms with van der Waals surface area (Å²) in [5.41, 5.74) is 1.93. The quantitative estimate of drug-likeness (QED) is 0.905. The molecule has 1 fully saturated rings. The third kappa shape index (κ3) is 3.93. The van der Waals surface area contributed by atoms with Crippen LogP contribution in [0.1, 0.15) is 30.2 Å². The fraction of sp³-hybridized carbons (Fsp3) is 0.350. The van der Waals surface area contributed by atoms with Crippen molar-refractivity contribution in [1.29, 1.82) is 5.26 Å². The fourth-order valence-corrected chi connectivity index (χ4v) is 3.11. The van der Waals surface area contributed by atoms with Crippen molar-refractivity contribution in [2.75, 3.05) is 26.3 Å². The molecule has 2 aromatic carbocycles. The van der Waals surface area contributed by atoms with E-state index in [9.17, 15) is 10.4 Å². The van der Waals surface area contributed by atoms with Gasteiger partial charge in [-0.15, -0.1) is 0 Å². The fourth-order valence-electron chi connectivity index (χ4n) is 3.11. The van der Waals surface area contributed by atoms with Crippen molar-refractivity contribution in [2.24, 2.45) is 0 Å². The predicted octanol–water partition coefficient (Wildman–Crippen LogP) is 3.43. The molecule has 1 aliphatic rings. The van der Waals surface area contributed by atoms with Crippen LogP contribution in [0.15, 0.2) is 48.5 Å². The summed E-state index contributed by atoms with van der Waals surface area (Å²) < 4.78 is 11.3. The first-order valence-corrected chi connectivity index (χ1v) is 8.49. The number of nitrogens with zero attached hydrogens (tertiary/aromatic N) is 2. The van der Waals surface area contributed by atoms with Crippen LogP contribution in [0.2, 0.25) is 0 Å². The smallest absolute Gasteiger partial charge is 0.161 e. The zero-order chi connectivity index (χ0) is 17.6. The van der Waals surface area contributed by atoms with Gasteiger partial charge in [0.25, 0.3) is 0 Å². The number of hydrogen-bond acceptors (Lipinski definition) is 5. The summed E-state index contributed by atoms with van der Waals surface area (Å²) in [6.45, 7) is 4.23. The molecule has 0 unspecified atom stereocenters. The van der Waals surface area contributed by atoms with E-state index in [0.29, 0.717) is 32.1 Å². The first-order valence-electron chi connectivity index (χ1n) is 8.49. The summed E-state index contributed by atoms with van der Waals surface area (Å²) >= 11 is 0. The Morgan fingerprint density at radius 3 is 2.84 bits per heavy atom. The van der Waals surface area contributed by atoms with Gasteiger partial charge in [-0.3, -0.25) is 4.90 Å². The zero-order valence-electron chi connectivity index (χ0n) is 14.3. The second-order valence-electron chi connectivity index (χ2n) is 5.96. The zero-order valence-corrected chi connectivity index (χ0v) is 14.3. The van der Waals surface area contributed by atoms with Crippen LogP contribution in [-0.2, 0) is 4.74 Å². The molecule has 2 aromatic rings. The van der Waals surface area contributed by atoms with Crippen LogP contribution in [0.25, 0.3) is 0 Å². The SMILES string of the molecule is CCOc1cc([C@@H](C#N)N2CCO[C@H](c3ccccc3)C2)ccc1O. The lowest BCUT2D eigenvalue weighted by molar-refractivity contribution is -0.0383. The Hall–Kier alpha value is -2.55. The Balaban J connectivity index is 1.81. The Morgan fingerprint density at radius 1 is 1.32 bits per heavy atom. The Bertz CT molecular complexity index is 742. The Morgan fingerprint density at radius 2 is 2.12 bits per heavy atom. The Kier molecular flexibility index (Phi) is 5.54. The molecule has 1 saturated heterocycles. The monoisotopic (exact) mass is 338 g/mol. The minimum absolute atomic E-state index is 0.0470. The highest BCUT2D eigenvalue weighted by atomic mass is 16.5. The molecule has 0 aliphatic carbocycles. The van der Waals surface area contributed by atoms with E-state index < -0.39 is 6.04 Å². The Labute approximate surface area is 148 Å². The van der Waals surface area contributed by atoms with Gasteiger partial charge in [0.1, 0.15) is 6.04 Å². The normalized spacial score (nSPS) is 19.1. The van der Waals surface area contributed by atoms with E-state index in [-0.39, 0.29) is 11.9 Å². The van der Waals surface area contributed by atoms with Crippen molar-refractivity contribution >= 4 is 0 Å². The molecule has 25 heavy (non-hydrogen) atoms. The van der Waals surface area contributed by atoms with E-state index in [2.05, 4.69) is 11.0 Å². The van der Waals surface area contributed by atoms with Gasteiger partial charge in [0, 0.05) is 13.1 Å². The highest BCUT2D eigenvalue weighted by Crippen LogP contribution is 2.33. The molecule has 1 N–H and O–H groups in total. The van der Waals surface area contributed by atoms with Gasteiger partial charge in [-0.2, -0.15) is 5.26 Å². The number of aromatic hydroxyl groups is 1. The molecule has 2 atom stereocenters. The average Bonchev–Trinajstić information content (AvgIpc) is 2.66. The highest BCUT2D eigenvalue weighted by molar-refractivity contribution is 5.44. The van der Waals surface area contributed by atoms with Crippen LogP contribution in [0.3, 0.4) is 0 Å². The third-order valence-electron chi connectivity index (χ3n) is 4.36. The summed E-state index contributed by atoms with van der Waals surface area (Å²) in [5, 5.41) is 19.6. The average molecular weight is 338 g/mol. The van der Waals surface area contributed by atoms with Crippen LogP contribution in [0.5, 0.6) is 11.5 Å². The minimum Gasteiger partial charge on any atom is -0.504 e. The molecule has 1 heterocycles. The van der Waals surface area contributed by atoms with Gasteiger partial charge >= 0.3 is 0 Å². The largest absolute Gasteiger partial charge is 0.504 e. The lowest BCUT2D eigenvalue weighted by Crippen LogP contribution is -2.40. The second kappa shape index (κ2) is 8.02. The molecule has 0 amide bonds. The van der Waals surface area contributed by atoms with Crippen molar-refractivity contribution in [3.05, 3.63) is 59.7 Å². The maximum absolute atomic E-state index is 9.88. The van der Waals surface area contributed by atoms with Gasteiger partial charge < -0.3 is 14.6 Å². The standard InChI is InChI=1S/C20H22N2O3/c1-2-24-19-12-16(8-9-18(19)23)17(13-21)22-10-11-25-20(14-22)15-6-4-3-5-7-15/h3-9,12,17,20,23H,2,10-11,14H2,1H3/t17-,20+/m1/s1. The first kappa shape index (κ1) is 17.3. The molecular weight excluding hydrogens is 316 g/mol. The van der Waals surface area contributed by atoms with Gasteiger partial charge in [0.15, 0.2) is 11.5 Å². The summed E-state index contributed by atoms with van der Waals surface area (Å²) in [6.07, 6.45) is -0.0470. The number of rotatable bonds is 5. The first-order chi connectivity index (χ1) is 12.2. The third-order valence-corrected chi connectivity index (χ3v) is 4.36. The summed E-state index contributed by atoms with van der Waals surface area (Å²) in [4.78, 5) is 2.11. The van der Waals surface area contributed by atoms with Crippen molar-refractivity contribution in [3.63, 3.8) is 0 Å². The van der Waals surface area contributed by atoms with E-state index in [0.717, 1.165) is 11.1 Å². The van der Waals surface area contributed by atoms with Crippen LogP contribution in [-0.4, -0.2) is 36.3 Å².